The molecule has 1 atom stereocenters. The molecule has 110 valence electrons. The minimum atomic E-state index is -0.376. The van der Waals surface area contributed by atoms with E-state index in [-0.39, 0.29) is 10.7 Å². The normalized spacial score (nSPS) is 22.8. The van der Waals surface area contributed by atoms with Crippen LogP contribution in [0.4, 0.5) is 11.6 Å². The van der Waals surface area contributed by atoms with Crippen LogP contribution in [0.15, 0.2) is 6.33 Å². The number of nitrogens with zero attached hydrogens (tertiary/aromatic N) is 4. The van der Waals surface area contributed by atoms with Crippen molar-refractivity contribution < 1.29 is 4.92 Å². The van der Waals surface area contributed by atoms with Gasteiger partial charge in [0.25, 0.3) is 0 Å². The van der Waals surface area contributed by atoms with Crippen molar-refractivity contribution in [3.8, 4) is 0 Å². The number of hydrogen-bond donors (Lipinski definition) is 1. The number of imidazole rings is 1. The summed E-state index contributed by atoms with van der Waals surface area (Å²) in [5, 5.41) is 14.7. The molecule has 2 heterocycles. The highest BCUT2D eigenvalue weighted by molar-refractivity contribution is 5.56. The Bertz CT molecular complexity index is 491. The molecule has 0 spiro atoms. The molecule has 1 aromatic rings. The zero-order valence-electron chi connectivity index (χ0n) is 11.8. The largest absolute Gasteiger partial charge is 0.406 e. The van der Waals surface area contributed by atoms with Gasteiger partial charge in [-0.1, -0.05) is 6.42 Å². The molecule has 1 unspecified atom stereocenters. The van der Waals surface area contributed by atoms with Crippen molar-refractivity contribution in [1.29, 1.82) is 0 Å². The van der Waals surface area contributed by atoms with Crippen LogP contribution in [0.25, 0.3) is 0 Å². The lowest BCUT2D eigenvalue weighted by atomic mass is 10.0. The van der Waals surface area contributed by atoms with Gasteiger partial charge in [-0.2, -0.15) is 0 Å². The predicted molar refractivity (Wildman–Crippen MR) is 75.9 cm³/mol. The van der Waals surface area contributed by atoms with Crippen molar-refractivity contribution in [2.24, 2.45) is 7.05 Å². The fourth-order valence-corrected chi connectivity index (χ4v) is 2.98. The van der Waals surface area contributed by atoms with Crippen LogP contribution >= 0.6 is 0 Å². The van der Waals surface area contributed by atoms with Crippen molar-refractivity contribution >= 4 is 11.6 Å². The van der Waals surface area contributed by atoms with E-state index < -0.39 is 0 Å². The zero-order chi connectivity index (χ0) is 14.1. The molecule has 0 radical (unpaired) electrons. The van der Waals surface area contributed by atoms with Gasteiger partial charge in [0, 0.05) is 25.7 Å². The molecular weight excluding hydrogens is 258 g/mol. The van der Waals surface area contributed by atoms with Gasteiger partial charge in [-0.3, -0.25) is 4.57 Å². The topological polar surface area (TPSA) is 76.2 Å². The maximum atomic E-state index is 11.2. The fraction of sp³-hybridized carbons (Fsp3) is 0.769. The second kappa shape index (κ2) is 5.40. The van der Waals surface area contributed by atoms with Crippen LogP contribution in [0, 0.1) is 10.1 Å². The van der Waals surface area contributed by atoms with E-state index in [0.29, 0.717) is 17.9 Å². The number of hydrogen-bond acceptors (Lipinski definition) is 5. The molecular formula is C13H21N5O2. The number of anilines is 1. The predicted octanol–water partition coefficient (Wildman–Crippen LogP) is 1.44. The Kier molecular flexibility index (Phi) is 3.60. The Morgan fingerprint density at radius 3 is 2.90 bits per heavy atom. The molecule has 7 nitrogen and oxygen atoms in total. The van der Waals surface area contributed by atoms with Crippen molar-refractivity contribution in [3.05, 3.63) is 16.4 Å². The summed E-state index contributed by atoms with van der Waals surface area (Å²) in [6.45, 7) is 1.89. The minimum Gasteiger partial charge on any atom is -0.358 e. The molecule has 1 aromatic heterocycles. The average molecular weight is 279 g/mol. The first-order valence-electron chi connectivity index (χ1n) is 7.32. The Morgan fingerprint density at radius 1 is 1.50 bits per heavy atom. The van der Waals surface area contributed by atoms with Crippen LogP contribution in [0.2, 0.25) is 0 Å². The maximum absolute atomic E-state index is 11.2. The second-order valence-corrected chi connectivity index (χ2v) is 5.79. The van der Waals surface area contributed by atoms with Gasteiger partial charge < -0.3 is 20.3 Å². The summed E-state index contributed by atoms with van der Waals surface area (Å²) in [5.74, 6) is 0.639. The molecule has 20 heavy (non-hydrogen) atoms. The van der Waals surface area contributed by atoms with E-state index in [4.69, 9.17) is 0 Å². The minimum absolute atomic E-state index is 0.0183. The first-order valence-corrected chi connectivity index (χ1v) is 7.32. The Hall–Kier alpha value is -1.63. The van der Waals surface area contributed by atoms with Gasteiger partial charge in [0.2, 0.25) is 12.1 Å². The smallest absolute Gasteiger partial charge is 0.358 e. The maximum Gasteiger partial charge on any atom is 0.406 e. The van der Waals surface area contributed by atoms with Gasteiger partial charge in [0.1, 0.15) is 0 Å². The molecule has 1 aliphatic carbocycles. The first-order chi connectivity index (χ1) is 9.66. The lowest BCUT2D eigenvalue weighted by Crippen LogP contribution is -2.45. The van der Waals surface area contributed by atoms with Crippen molar-refractivity contribution in [2.45, 2.75) is 44.2 Å². The quantitative estimate of drug-likeness (QED) is 0.652. The first kappa shape index (κ1) is 13.4. The van der Waals surface area contributed by atoms with Crippen LogP contribution in [-0.2, 0) is 7.05 Å². The van der Waals surface area contributed by atoms with Gasteiger partial charge in [0.05, 0.1) is 0 Å². The van der Waals surface area contributed by atoms with Gasteiger partial charge >= 0.3 is 5.82 Å². The van der Waals surface area contributed by atoms with Crippen LogP contribution in [0.5, 0.6) is 0 Å². The summed E-state index contributed by atoms with van der Waals surface area (Å²) in [6, 6.07) is 0.867. The number of rotatable bonds is 5. The van der Waals surface area contributed by atoms with Crippen LogP contribution in [-0.4, -0.2) is 39.6 Å². The highest BCUT2D eigenvalue weighted by atomic mass is 16.6. The van der Waals surface area contributed by atoms with E-state index in [1.807, 2.05) is 7.05 Å². The van der Waals surface area contributed by atoms with Crippen LogP contribution in [0.3, 0.4) is 0 Å². The molecule has 1 N–H and O–H groups in total. The Balaban J connectivity index is 1.83. The Labute approximate surface area is 118 Å². The third-order valence-corrected chi connectivity index (χ3v) is 4.15. The van der Waals surface area contributed by atoms with Crippen LogP contribution < -0.4 is 10.2 Å². The number of nitrogens with one attached hydrogen (secondary N) is 1. The third kappa shape index (κ3) is 2.63. The monoisotopic (exact) mass is 279 g/mol. The highest BCUT2D eigenvalue weighted by Gasteiger charge is 2.37. The lowest BCUT2D eigenvalue weighted by Gasteiger charge is -2.31. The molecule has 1 aliphatic heterocycles. The number of aromatic nitrogens is 2. The van der Waals surface area contributed by atoms with Crippen molar-refractivity contribution in [1.82, 2.24) is 14.9 Å². The van der Waals surface area contributed by atoms with E-state index in [2.05, 4.69) is 15.2 Å². The molecule has 2 aliphatic rings. The summed E-state index contributed by atoms with van der Waals surface area (Å²) >= 11 is 0. The second-order valence-electron chi connectivity index (χ2n) is 5.79. The summed E-state index contributed by atoms with van der Waals surface area (Å²) in [4.78, 5) is 16.9. The molecule has 0 bridgehead atoms. The summed E-state index contributed by atoms with van der Waals surface area (Å²) in [5.41, 5.74) is 0. The molecule has 1 saturated carbocycles. The highest BCUT2D eigenvalue weighted by Crippen LogP contribution is 2.36. The molecule has 3 rings (SSSR count). The van der Waals surface area contributed by atoms with Gasteiger partial charge in [-0.15, -0.1) is 0 Å². The van der Waals surface area contributed by atoms with E-state index in [0.717, 1.165) is 32.4 Å². The lowest BCUT2D eigenvalue weighted by molar-refractivity contribution is -0.388. The fourth-order valence-electron chi connectivity index (χ4n) is 2.98. The van der Waals surface area contributed by atoms with Crippen LogP contribution in [0.1, 0.15) is 32.1 Å². The SMILES string of the molecule is Cn1cnc([N+](=O)[O-])c1N(CC1CCCCN1)C1CC1. The zero-order valence-corrected chi connectivity index (χ0v) is 11.8. The molecule has 0 aromatic carbocycles. The molecule has 7 heteroatoms. The number of nitro groups is 1. The Morgan fingerprint density at radius 2 is 2.30 bits per heavy atom. The van der Waals surface area contributed by atoms with Crippen molar-refractivity contribution in [2.75, 3.05) is 18.0 Å². The average Bonchev–Trinajstić information content (AvgIpc) is 3.20. The summed E-state index contributed by atoms with van der Waals surface area (Å²) in [7, 11) is 1.83. The third-order valence-electron chi connectivity index (χ3n) is 4.15. The molecule has 2 fully saturated rings. The van der Waals surface area contributed by atoms with Crippen molar-refractivity contribution in [3.63, 3.8) is 0 Å². The molecule has 0 amide bonds. The van der Waals surface area contributed by atoms with E-state index in [1.54, 1.807) is 4.57 Å². The van der Waals surface area contributed by atoms with Gasteiger partial charge in [-0.05, 0) is 42.1 Å². The van der Waals surface area contributed by atoms with E-state index in [1.165, 1.54) is 19.2 Å². The molecule has 1 saturated heterocycles. The van der Waals surface area contributed by atoms with Gasteiger partial charge in [-0.25, -0.2) is 0 Å². The van der Waals surface area contributed by atoms with E-state index in [9.17, 15) is 10.1 Å². The number of piperidine rings is 1. The van der Waals surface area contributed by atoms with Gasteiger partial charge in [0.15, 0.2) is 0 Å². The summed E-state index contributed by atoms with van der Waals surface area (Å²) in [6.07, 6.45) is 7.39. The number of aryl methyl sites for hydroxylation is 1. The standard InChI is InChI=1S/C13H21N5O2/c1-16-9-15-12(18(19)20)13(16)17(11-5-6-11)8-10-4-2-3-7-14-10/h9-11,14H,2-8H2,1H3. The van der Waals surface area contributed by atoms with E-state index >= 15 is 0 Å². The summed E-state index contributed by atoms with van der Waals surface area (Å²) < 4.78 is 1.78.